The third kappa shape index (κ3) is 3.15. The van der Waals surface area contributed by atoms with Gasteiger partial charge in [0.25, 0.3) is 0 Å². The number of hydrogen-bond donors (Lipinski definition) is 0. The summed E-state index contributed by atoms with van der Waals surface area (Å²) in [4.78, 5) is 0. The maximum absolute atomic E-state index is 6.56. The molecule has 0 fully saturated rings. The molecule has 0 bridgehead atoms. The molecule has 1 aliphatic rings. The fourth-order valence-corrected chi connectivity index (χ4v) is 8.80. The van der Waals surface area contributed by atoms with E-state index in [2.05, 4.69) is 158 Å². The van der Waals surface area contributed by atoms with E-state index in [0.29, 0.717) is 0 Å². The first-order chi connectivity index (χ1) is 23.1. The summed E-state index contributed by atoms with van der Waals surface area (Å²) in [7, 11) is 0. The van der Waals surface area contributed by atoms with Crippen LogP contribution in [0.3, 0.4) is 0 Å². The molecule has 8 aromatic carbocycles. The second-order valence-corrected chi connectivity index (χ2v) is 13.7. The minimum Gasteiger partial charge on any atom is -0.456 e. The van der Waals surface area contributed by atoms with Crippen molar-refractivity contribution in [3.63, 3.8) is 0 Å². The Labute approximate surface area is 271 Å². The number of furan rings is 1. The van der Waals surface area contributed by atoms with Crippen LogP contribution >= 0.6 is 0 Å². The lowest BCUT2D eigenvalue weighted by Gasteiger charge is -2.22. The zero-order valence-electron chi connectivity index (χ0n) is 26.1. The molecule has 0 saturated heterocycles. The molecular formula is C45H29NO. The third-order valence-electron chi connectivity index (χ3n) is 10.9. The summed E-state index contributed by atoms with van der Waals surface area (Å²) in [6.07, 6.45) is 0. The topological polar surface area (TPSA) is 18.1 Å². The van der Waals surface area contributed by atoms with Gasteiger partial charge in [0.2, 0.25) is 0 Å². The van der Waals surface area contributed by atoms with E-state index in [4.69, 9.17) is 4.42 Å². The molecule has 2 nitrogen and oxygen atoms in total. The highest BCUT2D eigenvalue weighted by Gasteiger charge is 2.36. The summed E-state index contributed by atoms with van der Waals surface area (Å²) in [6, 6.07) is 51.4. The predicted octanol–water partition coefficient (Wildman–Crippen LogP) is 12.4. The van der Waals surface area contributed by atoms with Crippen LogP contribution in [-0.2, 0) is 5.41 Å². The van der Waals surface area contributed by atoms with Gasteiger partial charge in [0.05, 0.1) is 16.7 Å². The summed E-state index contributed by atoms with van der Waals surface area (Å²) in [5.74, 6) is 0. The number of para-hydroxylation sites is 1. The number of benzene rings is 8. The van der Waals surface area contributed by atoms with Gasteiger partial charge in [0.1, 0.15) is 11.2 Å². The van der Waals surface area contributed by atoms with Crippen LogP contribution in [0, 0.1) is 0 Å². The van der Waals surface area contributed by atoms with Gasteiger partial charge in [0, 0.05) is 32.3 Å². The Morgan fingerprint density at radius 3 is 2.15 bits per heavy atom. The van der Waals surface area contributed by atoms with E-state index in [9.17, 15) is 0 Å². The van der Waals surface area contributed by atoms with Crippen molar-refractivity contribution in [2.75, 3.05) is 0 Å². The summed E-state index contributed by atoms with van der Waals surface area (Å²) in [5.41, 5.74) is 13.3. The molecule has 0 aliphatic heterocycles. The summed E-state index contributed by atoms with van der Waals surface area (Å²) >= 11 is 0. The number of fused-ring (bicyclic) bond motifs is 9. The quantitative estimate of drug-likeness (QED) is 0.181. The molecule has 2 aromatic heterocycles. The Morgan fingerprint density at radius 1 is 0.447 bits per heavy atom. The third-order valence-corrected chi connectivity index (χ3v) is 10.9. The van der Waals surface area contributed by atoms with Gasteiger partial charge in [-0.3, -0.25) is 0 Å². The Balaban J connectivity index is 1.33. The Morgan fingerprint density at radius 2 is 1.23 bits per heavy atom. The molecule has 0 spiro atoms. The second kappa shape index (κ2) is 8.69. The van der Waals surface area contributed by atoms with Crippen LogP contribution in [0.2, 0.25) is 0 Å². The molecule has 0 atom stereocenters. The van der Waals surface area contributed by atoms with Crippen LogP contribution in [0.15, 0.2) is 144 Å². The molecule has 220 valence electrons. The molecule has 0 amide bonds. The van der Waals surface area contributed by atoms with E-state index in [0.717, 1.165) is 11.2 Å². The molecule has 1 aliphatic carbocycles. The molecule has 10 aromatic rings. The van der Waals surface area contributed by atoms with Crippen LogP contribution in [0.1, 0.15) is 25.0 Å². The standard InChI is InChI=1S/C45H29NO/c1-45(2)35-16-8-6-13-29(35)32-24-33-30-14-7-9-17-37(30)46(39(33)25-36(32)45)38-21-22-41-44-42(38)34-23-27(26-11-4-3-5-12-26)19-20-28(34)31-15-10-18-40(47-41)43(31)44/h3-25H,1-2H3. The number of rotatable bonds is 2. The van der Waals surface area contributed by atoms with Crippen molar-refractivity contribution in [3.8, 4) is 27.9 Å². The number of aromatic nitrogens is 1. The fourth-order valence-electron chi connectivity index (χ4n) is 8.80. The molecule has 2 heterocycles. The van der Waals surface area contributed by atoms with Crippen LogP contribution < -0.4 is 0 Å². The van der Waals surface area contributed by atoms with Gasteiger partial charge in [0.15, 0.2) is 0 Å². The highest BCUT2D eigenvalue weighted by Crippen LogP contribution is 2.52. The van der Waals surface area contributed by atoms with Gasteiger partial charge in [-0.25, -0.2) is 0 Å². The largest absolute Gasteiger partial charge is 0.456 e. The highest BCUT2D eigenvalue weighted by atomic mass is 16.3. The summed E-state index contributed by atoms with van der Waals surface area (Å²) in [5, 5.41) is 9.92. The highest BCUT2D eigenvalue weighted by molar-refractivity contribution is 6.35. The zero-order chi connectivity index (χ0) is 31.0. The monoisotopic (exact) mass is 599 g/mol. The second-order valence-electron chi connectivity index (χ2n) is 13.7. The van der Waals surface area contributed by atoms with Gasteiger partial charge in [-0.2, -0.15) is 0 Å². The van der Waals surface area contributed by atoms with Crippen molar-refractivity contribution in [1.82, 2.24) is 4.57 Å². The first-order valence-corrected chi connectivity index (χ1v) is 16.4. The summed E-state index contributed by atoms with van der Waals surface area (Å²) in [6.45, 7) is 4.74. The van der Waals surface area contributed by atoms with E-state index in [1.807, 2.05) is 0 Å². The lowest BCUT2D eigenvalue weighted by atomic mass is 9.82. The van der Waals surface area contributed by atoms with E-state index in [1.54, 1.807) is 0 Å². The van der Waals surface area contributed by atoms with Gasteiger partial charge in [-0.1, -0.05) is 111 Å². The number of nitrogens with zero attached hydrogens (tertiary/aromatic N) is 1. The Hall–Kier alpha value is -5.86. The normalized spacial score (nSPS) is 13.9. The lowest BCUT2D eigenvalue weighted by molar-refractivity contribution is 0.661. The van der Waals surface area contributed by atoms with Crippen molar-refractivity contribution in [2.45, 2.75) is 19.3 Å². The maximum Gasteiger partial charge on any atom is 0.136 e. The van der Waals surface area contributed by atoms with Crippen molar-refractivity contribution < 1.29 is 4.42 Å². The first kappa shape index (κ1) is 25.3. The van der Waals surface area contributed by atoms with Crippen molar-refractivity contribution >= 4 is 65.3 Å². The van der Waals surface area contributed by atoms with Gasteiger partial charge < -0.3 is 8.98 Å². The molecule has 47 heavy (non-hydrogen) atoms. The Bertz CT molecular complexity index is 2920. The van der Waals surface area contributed by atoms with Gasteiger partial charge in [-0.05, 0) is 92.0 Å². The van der Waals surface area contributed by atoms with Gasteiger partial charge in [-0.15, -0.1) is 0 Å². The van der Waals surface area contributed by atoms with Crippen LogP contribution in [0.25, 0.3) is 93.2 Å². The molecule has 2 heteroatoms. The number of hydrogen-bond acceptors (Lipinski definition) is 1. The van der Waals surface area contributed by atoms with Gasteiger partial charge >= 0.3 is 0 Å². The van der Waals surface area contributed by atoms with Crippen LogP contribution in [0.5, 0.6) is 0 Å². The zero-order valence-corrected chi connectivity index (χ0v) is 26.1. The molecule has 0 radical (unpaired) electrons. The molecule has 0 unspecified atom stereocenters. The maximum atomic E-state index is 6.56. The van der Waals surface area contributed by atoms with E-state index >= 15 is 0 Å². The average molecular weight is 600 g/mol. The minimum atomic E-state index is -0.0908. The van der Waals surface area contributed by atoms with Crippen LogP contribution in [0.4, 0.5) is 0 Å². The van der Waals surface area contributed by atoms with Crippen molar-refractivity contribution in [2.24, 2.45) is 0 Å². The summed E-state index contributed by atoms with van der Waals surface area (Å²) < 4.78 is 9.08. The average Bonchev–Trinajstić information content (AvgIpc) is 3.73. The van der Waals surface area contributed by atoms with E-state index < -0.39 is 0 Å². The SMILES string of the molecule is CC1(C)c2ccccc2-c2cc3c4ccccc4n(-c4ccc5oc6cccc7c8ccc(-c9ccccc9)cc8c4c5c67)c3cc21. The molecule has 0 saturated carbocycles. The lowest BCUT2D eigenvalue weighted by Crippen LogP contribution is -2.15. The van der Waals surface area contributed by atoms with Crippen molar-refractivity contribution in [1.29, 1.82) is 0 Å². The molecule has 0 N–H and O–H groups in total. The van der Waals surface area contributed by atoms with E-state index in [1.165, 1.54) is 93.2 Å². The Kier molecular flexibility index (Phi) is 4.68. The minimum absolute atomic E-state index is 0.0908. The predicted molar refractivity (Wildman–Crippen MR) is 197 cm³/mol. The molecular weight excluding hydrogens is 571 g/mol. The fraction of sp³-hybridized carbons (Fsp3) is 0.0667. The first-order valence-electron chi connectivity index (χ1n) is 16.4. The van der Waals surface area contributed by atoms with Crippen molar-refractivity contribution in [3.05, 3.63) is 151 Å². The molecule has 11 rings (SSSR count). The van der Waals surface area contributed by atoms with Crippen LogP contribution in [-0.4, -0.2) is 4.57 Å². The van der Waals surface area contributed by atoms with E-state index in [-0.39, 0.29) is 5.41 Å². The smallest absolute Gasteiger partial charge is 0.136 e.